The molecule has 3 N–H and O–H groups in total. The maximum atomic E-state index is 12.2. The molecule has 1 aliphatic heterocycles. The number of amides is 1. The SMILES string of the molecule is Cn1cc(Nc2ncc(Cl)c(NC(CO)c3cccc(N4CCOCC4=O)c3)n2)cn1. The van der Waals surface area contributed by atoms with Crippen molar-refractivity contribution >= 4 is 40.6 Å². The third-order valence-corrected chi connectivity index (χ3v) is 5.05. The summed E-state index contributed by atoms with van der Waals surface area (Å²) in [6.07, 6.45) is 4.92. The molecule has 162 valence electrons. The van der Waals surface area contributed by atoms with Crippen LogP contribution in [0.25, 0.3) is 0 Å². The number of benzene rings is 1. The van der Waals surface area contributed by atoms with E-state index < -0.39 is 6.04 Å². The Balaban J connectivity index is 1.54. The van der Waals surface area contributed by atoms with E-state index in [4.69, 9.17) is 16.3 Å². The number of rotatable bonds is 7. The van der Waals surface area contributed by atoms with Crippen LogP contribution in [-0.4, -0.2) is 57.1 Å². The fraction of sp³-hybridized carbons (Fsp3) is 0.300. The second kappa shape index (κ2) is 9.29. The van der Waals surface area contributed by atoms with Gasteiger partial charge in [-0.05, 0) is 17.7 Å². The quantitative estimate of drug-likeness (QED) is 0.508. The molecule has 10 nitrogen and oxygen atoms in total. The molecule has 11 heteroatoms. The predicted octanol–water partition coefficient (Wildman–Crippen LogP) is 2.12. The number of nitrogens with zero attached hydrogens (tertiary/aromatic N) is 5. The summed E-state index contributed by atoms with van der Waals surface area (Å²) < 4.78 is 6.85. The van der Waals surface area contributed by atoms with Crippen LogP contribution in [0.2, 0.25) is 5.02 Å². The van der Waals surface area contributed by atoms with Gasteiger partial charge in [-0.15, -0.1) is 0 Å². The van der Waals surface area contributed by atoms with Gasteiger partial charge in [0.1, 0.15) is 11.6 Å². The Kier molecular flexibility index (Phi) is 6.31. The summed E-state index contributed by atoms with van der Waals surface area (Å²) in [7, 11) is 1.81. The maximum absolute atomic E-state index is 12.2. The molecule has 1 amide bonds. The first-order valence-corrected chi connectivity index (χ1v) is 10.0. The van der Waals surface area contributed by atoms with Crippen molar-refractivity contribution in [3.63, 3.8) is 0 Å². The lowest BCUT2D eigenvalue weighted by Gasteiger charge is -2.28. The van der Waals surface area contributed by atoms with Crippen LogP contribution in [0.1, 0.15) is 11.6 Å². The van der Waals surface area contributed by atoms with Gasteiger partial charge in [0.2, 0.25) is 5.95 Å². The fourth-order valence-electron chi connectivity index (χ4n) is 3.24. The van der Waals surface area contributed by atoms with Crippen LogP contribution in [0, 0.1) is 0 Å². The molecule has 0 aliphatic carbocycles. The molecule has 1 aliphatic rings. The van der Waals surface area contributed by atoms with Crippen molar-refractivity contribution in [3.05, 3.63) is 53.4 Å². The number of hydrogen-bond acceptors (Lipinski definition) is 8. The van der Waals surface area contributed by atoms with E-state index >= 15 is 0 Å². The summed E-state index contributed by atoms with van der Waals surface area (Å²) in [6.45, 7) is 0.836. The highest BCUT2D eigenvalue weighted by Gasteiger charge is 2.22. The summed E-state index contributed by atoms with van der Waals surface area (Å²) in [4.78, 5) is 22.4. The highest BCUT2D eigenvalue weighted by molar-refractivity contribution is 6.32. The zero-order valence-electron chi connectivity index (χ0n) is 16.8. The maximum Gasteiger partial charge on any atom is 0.253 e. The summed E-state index contributed by atoms with van der Waals surface area (Å²) in [5.74, 6) is 0.612. The summed E-state index contributed by atoms with van der Waals surface area (Å²) in [5, 5.41) is 20.6. The Hall–Kier alpha value is -3.21. The number of carbonyl (C=O) groups is 1. The number of aliphatic hydroxyl groups is 1. The van der Waals surface area contributed by atoms with E-state index in [2.05, 4.69) is 25.7 Å². The van der Waals surface area contributed by atoms with Gasteiger partial charge >= 0.3 is 0 Å². The minimum absolute atomic E-state index is 0.0646. The highest BCUT2D eigenvalue weighted by atomic mass is 35.5. The van der Waals surface area contributed by atoms with E-state index in [1.807, 2.05) is 31.3 Å². The smallest absolute Gasteiger partial charge is 0.253 e. The lowest BCUT2D eigenvalue weighted by Crippen LogP contribution is -2.41. The number of hydrogen-bond donors (Lipinski definition) is 3. The molecule has 1 saturated heterocycles. The zero-order valence-corrected chi connectivity index (χ0v) is 17.6. The van der Waals surface area contributed by atoms with Gasteiger partial charge in [0.25, 0.3) is 5.91 Å². The van der Waals surface area contributed by atoms with Crippen molar-refractivity contribution in [1.82, 2.24) is 19.7 Å². The zero-order chi connectivity index (χ0) is 21.8. The Morgan fingerprint density at radius 3 is 2.97 bits per heavy atom. The van der Waals surface area contributed by atoms with E-state index in [0.29, 0.717) is 29.9 Å². The second-order valence-electron chi connectivity index (χ2n) is 6.99. The topological polar surface area (TPSA) is 117 Å². The number of halogens is 1. The van der Waals surface area contributed by atoms with Crippen molar-refractivity contribution in [1.29, 1.82) is 0 Å². The number of aromatic nitrogens is 4. The average Bonchev–Trinajstić information content (AvgIpc) is 3.19. The Morgan fingerprint density at radius 1 is 1.35 bits per heavy atom. The molecule has 1 fully saturated rings. The van der Waals surface area contributed by atoms with Crippen molar-refractivity contribution in [2.45, 2.75) is 6.04 Å². The summed E-state index contributed by atoms with van der Waals surface area (Å²) in [6, 6.07) is 6.94. The van der Waals surface area contributed by atoms with Gasteiger partial charge in [-0.1, -0.05) is 23.7 Å². The molecule has 0 spiro atoms. The number of nitrogens with one attached hydrogen (secondary N) is 2. The van der Waals surface area contributed by atoms with Crippen LogP contribution < -0.4 is 15.5 Å². The van der Waals surface area contributed by atoms with E-state index in [9.17, 15) is 9.90 Å². The van der Waals surface area contributed by atoms with E-state index in [0.717, 1.165) is 16.9 Å². The van der Waals surface area contributed by atoms with Crippen LogP contribution in [-0.2, 0) is 16.6 Å². The number of morpholine rings is 1. The monoisotopic (exact) mass is 443 g/mol. The van der Waals surface area contributed by atoms with Crippen LogP contribution in [0.3, 0.4) is 0 Å². The third-order valence-electron chi connectivity index (χ3n) is 4.77. The first-order valence-electron chi connectivity index (χ1n) is 9.67. The standard InChI is InChI=1S/C20H22ClN7O3/c1-27-10-14(8-23-27)24-20-22-9-16(21)19(26-20)25-17(11-29)13-3-2-4-15(7-13)28-5-6-31-12-18(28)30/h2-4,7-10,17,29H,5-6,11-12H2,1H3,(H2,22,24,25,26). The molecule has 0 saturated carbocycles. The molecule has 3 heterocycles. The van der Waals surface area contributed by atoms with Crippen molar-refractivity contribution in [2.24, 2.45) is 7.05 Å². The van der Waals surface area contributed by atoms with Crippen molar-refractivity contribution in [2.75, 3.05) is 41.9 Å². The van der Waals surface area contributed by atoms with E-state index in [1.165, 1.54) is 6.20 Å². The summed E-state index contributed by atoms with van der Waals surface area (Å²) >= 11 is 6.28. The van der Waals surface area contributed by atoms with E-state index in [1.54, 1.807) is 22.0 Å². The average molecular weight is 444 g/mol. The number of anilines is 4. The number of aryl methyl sites for hydroxylation is 1. The third kappa shape index (κ3) is 4.93. The molecule has 0 bridgehead atoms. The van der Waals surface area contributed by atoms with Gasteiger partial charge in [0, 0.05) is 25.5 Å². The number of carbonyl (C=O) groups excluding carboxylic acids is 1. The lowest BCUT2D eigenvalue weighted by molar-refractivity contribution is -0.125. The molecule has 1 unspecified atom stereocenters. The Morgan fingerprint density at radius 2 is 2.23 bits per heavy atom. The minimum Gasteiger partial charge on any atom is -0.394 e. The predicted molar refractivity (Wildman–Crippen MR) is 117 cm³/mol. The number of aliphatic hydroxyl groups excluding tert-OH is 1. The second-order valence-corrected chi connectivity index (χ2v) is 7.40. The van der Waals surface area contributed by atoms with Crippen molar-refractivity contribution < 1.29 is 14.6 Å². The normalized spacial score (nSPS) is 15.1. The van der Waals surface area contributed by atoms with E-state index in [-0.39, 0.29) is 19.1 Å². The molecule has 1 aromatic carbocycles. The van der Waals surface area contributed by atoms with Crippen LogP contribution >= 0.6 is 11.6 Å². The summed E-state index contributed by atoms with van der Waals surface area (Å²) in [5.41, 5.74) is 2.27. The molecule has 0 radical (unpaired) electrons. The molecule has 1 atom stereocenters. The number of ether oxygens (including phenoxy) is 1. The van der Waals surface area contributed by atoms with Gasteiger partial charge in [-0.25, -0.2) is 4.98 Å². The molecule has 3 aromatic rings. The first-order chi connectivity index (χ1) is 15.0. The molecular formula is C20H22ClN7O3. The lowest BCUT2D eigenvalue weighted by atomic mass is 10.1. The molecule has 31 heavy (non-hydrogen) atoms. The minimum atomic E-state index is -0.491. The van der Waals surface area contributed by atoms with Gasteiger partial charge in [-0.2, -0.15) is 10.1 Å². The van der Waals surface area contributed by atoms with Crippen LogP contribution in [0.5, 0.6) is 0 Å². The molecule has 2 aromatic heterocycles. The highest BCUT2D eigenvalue weighted by Crippen LogP contribution is 2.28. The first kappa shape index (κ1) is 21.0. The van der Waals surface area contributed by atoms with Gasteiger partial charge in [-0.3, -0.25) is 9.48 Å². The van der Waals surface area contributed by atoms with Gasteiger partial charge in [0.15, 0.2) is 5.82 Å². The van der Waals surface area contributed by atoms with Crippen molar-refractivity contribution in [3.8, 4) is 0 Å². The van der Waals surface area contributed by atoms with Gasteiger partial charge < -0.3 is 25.4 Å². The Labute approximate surface area is 183 Å². The van der Waals surface area contributed by atoms with Crippen LogP contribution in [0.15, 0.2) is 42.9 Å². The molecule has 4 rings (SSSR count). The van der Waals surface area contributed by atoms with Gasteiger partial charge in [0.05, 0.1) is 37.3 Å². The van der Waals surface area contributed by atoms with Crippen LogP contribution in [0.4, 0.5) is 23.1 Å². The largest absolute Gasteiger partial charge is 0.394 e. The Bertz CT molecular complexity index is 1070. The molecular weight excluding hydrogens is 422 g/mol. The fourth-order valence-corrected chi connectivity index (χ4v) is 3.39.